The highest BCUT2D eigenvalue weighted by Crippen LogP contribution is 2.17. The molecule has 104 valence electrons. The minimum Gasteiger partial charge on any atom is -0.353 e. The van der Waals surface area contributed by atoms with Crippen LogP contribution in [0.25, 0.3) is 0 Å². The molecule has 0 aromatic carbocycles. The van der Waals surface area contributed by atoms with Gasteiger partial charge in [0, 0.05) is 32.4 Å². The van der Waals surface area contributed by atoms with E-state index in [1.165, 1.54) is 6.07 Å². The summed E-state index contributed by atoms with van der Waals surface area (Å²) >= 11 is 0. The lowest BCUT2D eigenvalue weighted by Crippen LogP contribution is -2.47. The maximum atomic E-state index is 13.1. The Labute approximate surface area is 117 Å². The normalized spacial score (nSPS) is 15.5. The number of pyridine rings is 1. The molecule has 0 atom stereocenters. The summed E-state index contributed by atoms with van der Waals surface area (Å²) in [5, 5.41) is 0. The van der Waals surface area contributed by atoms with Gasteiger partial charge in [-0.25, -0.2) is 15.0 Å². The standard InChI is InChI=1S/C14H16FN5/c1-11-16-6-5-14(17-11)20-9-7-19(8-10-20)13-4-2-3-12(15)18-13/h2-6H,7-10H2,1H3. The van der Waals surface area contributed by atoms with Crippen molar-refractivity contribution in [2.45, 2.75) is 6.92 Å². The Balaban J connectivity index is 1.68. The first kappa shape index (κ1) is 12.8. The molecule has 2 aromatic rings. The lowest BCUT2D eigenvalue weighted by atomic mass is 10.3. The molecule has 20 heavy (non-hydrogen) atoms. The fraction of sp³-hybridized carbons (Fsp3) is 0.357. The number of aryl methyl sites for hydroxylation is 1. The van der Waals surface area contributed by atoms with Crippen LogP contribution in [0.4, 0.5) is 16.0 Å². The zero-order chi connectivity index (χ0) is 13.9. The van der Waals surface area contributed by atoms with Crippen molar-refractivity contribution < 1.29 is 4.39 Å². The molecule has 5 nitrogen and oxygen atoms in total. The van der Waals surface area contributed by atoms with E-state index in [0.717, 1.165) is 37.8 Å². The lowest BCUT2D eigenvalue weighted by molar-refractivity contribution is 0.574. The van der Waals surface area contributed by atoms with Crippen molar-refractivity contribution in [1.82, 2.24) is 15.0 Å². The summed E-state index contributed by atoms with van der Waals surface area (Å²) in [6.07, 6.45) is 1.78. The van der Waals surface area contributed by atoms with Gasteiger partial charge in [0.25, 0.3) is 0 Å². The first-order valence-electron chi connectivity index (χ1n) is 6.64. The average molecular weight is 273 g/mol. The highest BCUT2D eigenvalue weighted by molar-refractivity contribution is 5.44. The van der Waals surface area contributed by atoms with Crippen LogP contribution < -0.4 is 9.80 Å². The van der Waals surface area contributed by atoms with Crippen LogP contribution in [0.1, 0.15) is 5.82 Å². The summed E-state index contributed by atoms with van der Waals surface area (Å²) in [5.74, 6) is 1.99. The van der Waals surface area contributed by atoms with E-state index in [4.69, 9.17) is 0 Å². The molecule has 0 spiro atoms. The molecule has 1 aliphatic rings. The number of halogens is 1. The molecule has 1 saturated heterocycles. The first-order chi connectivity index (χ1) is 9.72. The van der Waals surface area contributed by atoms with Crippen LogP contribution in [0.5, 0.6) is 0 Å². The van der Waals surface area contributed by atoms with Gasteiger partial charge in [0.1, 0.15) is 17.5 Å². The van der Waals surface area contributed by atoms with Crippen LogP contribution in [0.2, 0.25) is 0 Å². The molecule has 1 aliphatic heterocycles. The summed E-state index contributed by atoms with van der Waals surface area (Å²) < 4.78 is 13.1. The van der Waals surface area contributed by atoms with Gasteiger partial charge < -0.3 is 9.80 Å². The third-order valence-electron chi connectivity index (χ3n) is 3.39. The first-order valence-corrected chi connectivity index (χ1v) is 6.64. The Morgan fingerprint density at radius 1 is 0.950 bits per heavy atom. The molecule has 0 unspecified atom stereocenters. The minimum atomic E-state index is -0.434. The van der Waals surface area contributed by atoms with Gasteiger partial charge in [0.05, 0.1) is 0 Å². The SMILES string of the molecule is Cc1nccc(N2CCN(c3cccc(F)n3)CC2)n1. The highest BCUT2D eigenvalue weighted by Gasteiger charge is 2.19. The van der Waals surface area contributed by atoms with Gasteiger partial charge in [-0.15, -0.1) is 0 Å². The van der Waals surface area contributed by atoms with E-state index >= 15 is 0 Å². The molecule has 0 amide bonds. The van der Waals surface area contributed by atoms with Gasteiger partial charge in [-0.1, -0.05) is 6.07 Å². The summed E-state index contributed by atoms with van der Waals surface area (Å²) in [4.78, 5) is 16.8. The third-order valence-corrected chi connectivity index (χ3v) is 3.39. The third kappa shape index (κ3) is 2.68. The molecule has 1 fully saturated rings. The minimum absolute atomic E-state index is 0.434. The van der Waals surface area contributed by atoms with Crippen LogP contribution >= 0.6 is 0 Å². The van der Waals surface area contributed by atoms with E-state index in [9.17, 15) is 4.39 Å². The average Bonchev–Trinajstić information content (AvgIpc) is 2.47. The van der Waals surface area contributed by atoms with Gasteiger partial charge in [-0.3, -0.25) is 0 Å². The Hall–Kier alpha value is -2.24. The quantitative estimate of drug-likeness (QED) is 0.778. The molecule has 0 radical (unpaired) electrons. The lowest BCUT2D eigenvalue weighted by Gasteiger charge is -2.36. The molecule has 3 heterocycles. The second kappa shape index (κ2) is 5.40. The largest absolute Gasteiger partial charge is 0.353 e. The van der Waals surface area contributed by atoms with E-state index in [-0.39, 0.29) is 0 Å². The molecule has 0 N–H and O–H groups in total. The topological polar surface area (TPSA) is 45.2 Å². The summed E-state index contributed by atoms with van der Waals surface area (Å²) in [6, 6.07) is 6.82. The van der Waals surface area contributed by atoms with Crippen molar-refractivity contribution >= 4 is 11.6 Å². The van der Waals surface area contributed by atoms with Gasteiger partial charge in [-0.2, -0.15) is 4.39 Å². The zero-order valence-electron chi connectivity index (χ0n) is 11.3. The number of nitrogens with zero attached hydrogens (tertiary/aromatic N) is 5. The monoisotopic (exact) mass is 273 g/mol. The second-order valence-corrected chi connectivity index (χ2v) is 4.75. The predicted molar refractivity (Wildman–Crippen MR) is 75.4 cm³/mol. The van der Waals surface area contributed by atoms with E-state index in [1.54, 1.807) is 12.3 Å². The van der Waals surface area contributed by atoms with E-state index in [0.29, 0.717) is 5.82 Å². The number of hydrogen-bond acceptors (Lipinski definition) is 5. The van der Waals surface area contributed by atoms with Crippen LogP contribution in [0, 0.1) is 12.9 Å². The summed E-state index contributed by atoms with van der Waals surface area (Å²) in [7, 11) is 0. The highest BCUT2D eigenvalue weighted by atomic mass is 19.1. The zero-order valence-corrected chi connectivity index (χ0v) is 11.3. The molecule has 6 heteroatoms. The van der Waals surface area contributed by atoms with Crippen molar-refractivity contribution in [3.8, 4) is 0 Å². The van der Waals surface area contributed by atoms with E-state index < -0.39 is 5.95 Å². The molecule has 0 bridgehead atoms. The second-order valence-electron chi connectivity index (χ2n) is 4.75. The van der Waals surface area contributed by atoms with Crippen molar-refractivity contribution in [3.63, 3.8) is 0 Å². The maximum absolute atomic E-state index is 13.1. The molecule has 2 aromatic heterocycles. The van der Waals surface area contributed by atoms with E-state index in [1.807, 2.05) is 19.1 Å². The van der Waals surface area contributed by atoms with Crippen LogP contribution in [-0.2, 0) is 0 Å². The van der Waals surface area contributed by atoms with Gasteiger partial charge >= 0.3 is 0 Å². The van der Waals surface area contributed by atoms with Crippen LogP contribution in [0.3, 0.4) is 0 Å². The Morgan fingerprint density at radius 3 is 2.20 bits per heavy atom. The molecular formula is C14H16FN5. The number of rotatable bonds is 2. The number of hydrogen-bond donors (Lipinski definition) is 0. The number of piperazine rings is 1. The Bertz CT molecular complexity index is 542. The van der Waals surface area contributed by atoms with Crippen molar-refractivity contribution in [2.75, 3.05) is 36.0 Å². The van der Waals surface area contributed by atoms with Crippen molar-refractivity contribution in [2.24, 2.45) is 0 Å². The van der Waals surface area contributed by atoms with Crippen LogP contribution in [-0.4, -0.2) is 41.1 Å². The van der Waals surface area contributed by atoms with Crippen molar-refractivity contribution in [3.05, 3.63) is 42.2 Å². The van der Waals surface area contributed by atoms with Crippen molar-refractivity contribution in [1.29, 1.82) is 0 Å². The molecule has 0 aliphatic carbocycles. The van der Waals surface area contributed by atoms with Gasteiger partial charge in [0.2, 0.25) is 5.95 Å². The molecule has 0 saturated carbocycles. The molecule has 3 rings (SSSR count). The summed E-state index contributed by atoms with van der Waals surface area (Å²) in [5.41, 5.74) is 0. The fourth-order valence-corrected chi connectivity index (χ4v) is 2.36. The smallest absolute Gasteiger partial charge is 0.214 e. The van der Waals surface area contributed by atoms with Gasteiger partial charge in [0.15, 0.2) is 0 Å². The number of anilines is 2. The predicted octanol–water partition coefficient (Wildman–Crippen LogP) is 1.65. The Morgan fingerprint density at radius 2 is 1.60 bits per heavy atom. The summed E-state index contributed by atoms with van der Waals surface area (Å²) in [6.45, 7) is 5.18. The molecular weight excluding hydrogens is 257 g/mol. The number of aromatic nitrogens is 3. The maximum Gasteiger partial charge on any atom is 0.214 e. The fourth-order valence-electron chi connectivity index (χ4n) is 2.36. The van der Waals surface area contributed by atoms with Gasteiger partial charge in [-0.05, 0) is 25.1 Å². The Kier molecular flexibility index (Phi) is 3.45. The van der Waals surface area contributed by atoms with E-state index in [2.05, 4.69) is 24.8 Å². The van der Waals surface area contributed by atoms with Crippen LogP contribution in [0.15, 0.2) is 30.5 Å².